The number of anilines is 1. The van der Waals surface area contributed by atoms with Crippen LogP contribution in [-0.2, 0) is 17.6 Å². The Hall–Kier alpha value is -2.72. The maximum Gasteiger partial charge on any atom is 0.387 e. The van der Waals surface area contributed by atoms with Crippen LogP contribution in [0.2, 0.25) is 0 Å². The molecule has 1 atom stereocenters. The average molecular weight is 431 g/mol. The normalized spacial score (nSPS) is 16.4. The second-order valence-electron chi connectivity index (χ2n) is 8.40. The molecule has 4 nitrogen and oxygen atoms in total. The van der Waals surface area contributed by atoms with Gasteiger partial charge < -0.3 is 10.1 Å². The summed E-state index contributed by atoms with van der Waals surface area (Å²) >= 11 is 1.49. The van der Waals surface area contributed by atoms with Gasteiger partial charge in [-0.05, 0) is 59.9 Å². The zero-order valence-electron chi connectivity index (χ0n) is 17.2. The van der Waals surface area contributed by atoms with Gasteiger partial charge >= 0.3 is 6.61 Å². The number of fused-ring (bicyclic) bond motifs is 1. The monoisotopic (exact) mass is 430 g/mol. The summed E-state index contributed by atoms with van der Waals surface area (Å²) in [5.74, 6) is 0.268. The Balaban J connectivity index is 1.69. The molecule has 158 valence electrons. The number of carbonyl (C=O) groups is 1. The van der Waals surface area contributed by atoms with E-state index in [9.17, 15) is 18.8 Å². The summed E-state index contributed by atoms with van der Waals surface area (Å²) in [6, 6.07) is 8.25. The van der Waals surface area contributed by atoms with Crippen LogP contribution in [0.5, 0.6) is 5.75 Å². The zero-order valence-corrected chi connectivity index (χ0v) is 18.0. The first-order chi connectivity index (χ1) is 14.2. The predicted molar refractivity (Wildman–Crippen MR) is 115 cm³/mol. The third-order valence-electron chi connectivity index (χ3n) is 5.37. The van der Waals surface area contributed by atoms with Gasteiger partial charge in [0.2, 0.25) is 5.91 Å². The summed E-state index contributed by atoms with van der Waals surface area (Å²) < 4.78 is 28.7. The molecule has 2 aromatic rings. The number of nitrogens with zero attached hydrogens (tertiary/aromatic N) is 1. The number of rotatable bonds is 5. The summed E-state index contributed by atoms with van der Waals surface area (Å²) in [5.41, 5.74) is 2.51. The summed E-state index contributed by atoms with van der Waals surface area (Å²) in [7, 11) is 0. The van der Waals surface area contributed by atoms with Crippen molar-refractivity contribution in [2.24, 2.45) is 11.3 Å². The van der Waals surface area contributed by atoms with E-state index in [1.807, 2.05) is 0 Å². The molecular weight excluding hydrogens is 406 g/mol. The van der Waals surface area contributed by atoms with Crippen LogP contribution in [0.4, 0.5) is 13.8 Å². The lowest BCUT2D eigenvalue weighted by Crippen LogP contribution is -2.26. The molecule has 0 bridgehead atoms. The van der Waals surface area contributed by atoms with Gasteiger partial charge in [0.25, 0.3) is 0 Å². The van der Waals surface area contributed by atoms with Gasteiger partial charge in [-0.25, -0.2) is 0 Å². The highest BCUT2D eigenvalue weighted by molar-refractivity contribution is 7.16. The van der Waals surface area contributed by atoms with E-state index in [4.69, 9.17) is 0 Å². The minimum atomic E-state index is -2.87. The number of hydrogen-bond acceptors (Lipinski definition) is 4. The molecule has 0 aliphatic heterocycles. The van der Waals surface area contributed by atoms with Gasteiger partial charge in [-0.2, -0.15) is 14.0 Å². The van der Waals surface area contributed by atoms with Gasteiger partial charge in [0, 0.05) is 11.0 Å². The molecule has 7 heteroatoms. The number of alkyl halides is 2. The van der Waals surface area contributed by atoms with Crippen molar-refractivity contribution in [3.63, 3.8) is 0 Å². The summed E-state index contributed by atoms with van der Waals surface area (Å²) in [6.07, 6.45) is 5.77. The van der Waals surface area contributed by atoms with E-state index in [1.54, 1.807) is 18.2 Å². The Morgan fingerprint density at radius 2 is 2.03 bits per heavy atom. The van der Waals surface area contributed by atoms with Gasteiger partial charge in [0.05, 0.1) is 5.56 Å². The highest BCUT2D eigenvalue weighted by atomic mass is 32.1. The zero-order chi connectivity index (χ0) is 21.9. The summed E-state index contributed by atoms with van der Waals surface area (Å²) in [5, 5.41) is 13.0. The number of hydrogen-bond donors (Lipinski definition) is 1. The van der Waals surface area contributed by atoms with E-state index in [0.29, 0.717) is 22.0 Å². The summed E-state index contributed by atoms with van der Waals surface area (Å²) in [6.45, 7) is 3.84. The Morgan fingerprint density at radius 1 is 1.33 bits per heavy atom. The molecule has 1 aliphatic rings. The van der Waals surface area contributed by atoms with E-state index in [2.05, 4.69) is 36.9 Å². The molecule has 30 heavy (non-hydrogen) atoms. The van der Waals surface area contributed by atoms with Crippen LogP contribution in [0.15, 0.2) is 30.3 Å². The molecule has 1 aromatic carbocycles. The highest BCUT2D eigenvalue weighted by Gasteiger charge is 2.32. The predicted octanol–water partition coefficient (Wildman–Crippen LogP) is 6.02. The first-order valence-corrected chi connectivity index (χ1v) is 10.6. The molecule has 0 fully saturated rings. The lowest BCUT2D eigenvalue weighted by Gasteiger charge is -2.33. The van der Waals surface area contributed by atoms with E-state index >= 15 is 0 Å². The number of ether oxygens (including phenoxy) is 1. The van der Waals surface area contributed by atoms with Crippen molar-refractivity contribution >= 4 is 28.3 Å². The van der Waals surface area contributed by atoms with Crippen molar-refractivity contribution in [1.29, 1.82) is 5.26 Å². The van der Waals surface area contributed by atoms with Crippen LogP contribution in [0.3, 0.4) is 0 Å². The van der Waals surface area contributed by atoms with E-state index in [0.717, 1.165) is 24.8 Å². The molecule has 1 N–H and O–H groups in total. The highest BCUT2D eigenvalue weighted by Crippen LogP contribution is 2.43. The molecule has 1 amide bonds. The third kappa shape index (κ3) is 5.25. The topological polar surface area (TPSA) is 62.1 Å². The third-order valence-corrected chi connectivity index (χ3v) is 6.54. The fourth-order valence-electron chi connectivity index (χ4n) is 3.62. The molecule has 1 aliphatic carbocycles. The maximum absolute atomic E-state index is 12.4. The van der Waals surface area contributed by atoms with E-state index < -0.39 is 6.61 Å². The quantitative estimate of drug-likeness (QED) is 0.590. The SMILES string of the molecule is CC(C)(C)[C@H]1CCc2c(sc(NC(=O)/C=C\c3ccc(OC(F)F)cc3)c2C#N)C1. The number of halogens is 2. The fraction of sp³-hybridized carbons (Fsp3) is 0.391. The van der Waals surface area contributed by atoms with Crippen LogP contribution >= 0.6 is 11.3 Å². The van der Waals surface area contributed by atoms with Crippen LogP contribution in [-0.4, -0.2) is 12.5 Å². The number of carbonyl (C=O) groups excluding carboxylic acids is 1. The van der Waals surface area contributed by atoms with Gasteiger partial charge in [-0.1, -0.05) is 32.9 Å². The average Bonchev–Trinajstić information content (AvgIpc) is 3.02. The lowest BCUT2D eigenvalue weighted by atomic mass is 9.72. The minimum Gasteiger partial charge on any atom is -0.435 e. The van der Waals surface area contributed by atoms with Crippen LogP contribution in [0.1, 0.15) is 48.8 Å². The second-order valence-corrected chi connectivity index (χ2v) is 9.50. The van der Waals surface area contributed by atoms with Crippen molar-refractivity contribution in [1.82, 2.24) is 0 Å². The summed E-state index contributed by atoms with van der Waals surface area (Å²) in [4.78, 5) is 13.6. The standard InChI is InChI=1S/C23H24F2N2O2S/c1-23(2,3)15-7-10-17-18(13-26)21(30-19(17)12-15)27-20(28)11-6-14-4-8-16(9-5-14)29-22(24)25/h4-6,8-9,11,15,22H,7,10,12H2,1-3H3,(H,27,28)/b11-6-/t15-/m0/s1. The van der Waals surface area contributed by atoms with Crippen molar-refractivity contribution in [2.45, 2.75) is 46.6 Å². The molecule has 0 unspecified atom stereocenters. The van der Waals surface area contributed by atoms with Crippen LogP contribution < -0.4 is 10.1 Å². The number of benzene rings is 1. The maximum atomic E-state index is 12.4. The van der Waals surface area contributed by atoms with Crippen molar-refractivity contribution < 1.29 is 18.3 Å². The van der Waals surface area contributed by atoms with Crippen molar-refractivity contribution in [3.05, 3.63) is 51.9 Å². The molecule has 0 saturated carbocycles. The van der Waals surface area contributed by atoms with E-state index in [1.165, 1.54) is 34.4 Å². The number of amides is 1. The van der Waals surface area contributed by atoms with Gasteiger partial charge in [0.15, 0.2) is 0 Å². The smallest absolute Gasteiger partial charge is 0.387 e. The van der Waals surface area contributed by atoms with E-state index in [-0.39, 0.29) is 17.1 Å². The molecule has 0 spiro atoms. The Morgan fingerprint density at radius 3 is 2.63 bits per heavy atom. The van der Waals surface area contributed by atoms with Gasteiger partial charge in [-0.15, -0.1) is 11.3 Å². The Kier molecular flexibility index (Phi) is 6.57. The first kappa shape index (κ1) is 22.0. The largest absolute Gasteiger partial charge is 0.435 e. The number of nitrogens with one attached hydrogen (secondary N) is 1. The Bertz CT molecular complexity index is 982. The van der Waals surface area contributed by atoms with Crippen LogP contribution in [0.25, 0.3) is 6.08 Å². The molecule has 1 heterocycles. The second kappa shape index (κ2) is 8.97. The molecule has 0 radical (unpaired) electrons. The lowest BCUT2D eigenvalue weighted by molar-refractivity contribution is -0.111. The van der Waals surface area contributed by atoms with Gasteiger partial charge in [0.1, 0.15) is 16.8 Å². The van der Waals surface area contributed by atoms with Gasteiger partial charge in [-0.3, -0.25) is 4.79 Å². The number of thiophene rings is 1. The molecule has 0 saturated heterocycles. The minimum absolute atomic E-state index is 0.0583. The Labute approximate surface area is 179 Å². The molecule has 1 aromatic heterocycles. The van der Waals surface area contributed by atoms with Crippen LogP contribution in [0, 0.1) is 22.7 Å². The molecular formula is C23H24F2N2O2S. The van der Waals surface area contributed by atoms with Crippen molar-refractivity contribution in [3.8, 4) is 11.8 Å². The number of nitriles is 1. The fourth-order valence-corrected chi connectivity index (χ4v) is 4.90. The molecule has 3 rings (SSSR count). The first-order valence-electron chi connectivity index (χ1n) is 9.76. The van der Waals surface area contributed by atoms with Crippen molar-refractivity contribution in [2.75, 3.05) is 5.32 Å².